The molecule has 1 aromatic heterocycles. The lowest BCUT2D eigenvalue weighted by molar-refractivity contribution is -0.134. The van der Waals surface area contributed by atoms with Crippen molar-refractivity contribution < 1.29 is 33.7 Å². The monoisotopic (exact) mass is 688 g/mol. The van der Waals surface area contributed by atoms with Gasteiger partial charge in [0.05, 0.1) is 34.2 Å². The molecular weight excluding hydrogens is 647 g/mol. The Morgan fingerprint density at radius 2 is 1.57 bits per heavy atom. The summed E-state index contributed by atoms with van der Waals surface area (Å²) in [6.45, 7) is 13.9. The van der Waals surface area contributed by atoms with Gasteiger partial charge in [-0.3, -0.25) is 4.90 Å². The SMILES string of the molecule is Cc1cc(Cl)c(O[C@@H]2CCN(c3ccc(C4=C(C(=O)O)[C@@H]5CN(C(=O)OC(C)(C)C)C[C@H](C4)N5C(=O)OC(C)(C)C)cn3)C2)c(Cl)c1. The highest BCUT2D eigenvalue weighted by molar-refractivity contribution is 6.37. The fourth-order valence-electron chi connectivity index (χ4n) is 6.27. The third-order valence-electron chi connectivity index (χ3n) is 8.13. The average molecular weight is 690 g/mol. The molecule has 2 fully saturated rings. The minimum atomic E-state index is -1.18. The first-order chi connectivity index (χ1) is 21.9. The Morgan fingerprint density at radius 1 is 0.936 bits per heavy atom. The number of aryl methyl sites for hydroxylation is 1. The zero-order valence-corrected chi connectivity index (χ0v) is 29.3. The van der Waals surface area contributed by atoms with E-state index in [9.17, 15) is 19.5 Å². The second-order valence-corrected chi connectivity index (χ2v) is 15.1. The maximum atomic E-state index is 13.4. The number of hydrogen-bond donors (Lipinski definition) is 1. The van der Waals surface area contributed by atoms with Gasteiger partial charge in [0.2, 0.25) is 0 Å². The van der Waals surface area contributed by atoms with Crippen molar-refractivity contribution in [3.63, 3.8) is 0 Å². The number of piperazine rings is 1. The Kier molecular flexibility index (Phi) is 9.63. The molecule has 3 aliphatic rings. The van der Waals surface area contributed by atoms with Crippen LogP contribution in [0.15, 0.2) is 36.0 Å². The molecule has 47 heavy (non-hydrogen) atoms. The molecule has 0 radical (unpaired) electrons. The van der Waals surface area contributed by atoms with Crippen LogP contribution in [0.2, 0.25) is 10.0 Å². The number of rotatable bonds is 5. The molecule has 2 bridgehead atoms. The molecule has 0 spiro atoms. The first-order valence-corrected chi connectivity index (χ1v) is 16.4. The van der Waals surface area contributed by atoms with Crippen molar-refractivity contribution in [2.24, 2.45) is 0 Å². The van der Waals surface area contributed by atoms with Crippen LogP contribution in [0.1, 0.15) is 65.5 Å². The molecule has 0 saturated carbocycles. The van der Waals surface area contributed by atoms with Crippen molar-refractivity contribution in [1.82, 2.24) is 14.8 Å². The number of amides is 2. The first-order valence-electron chi connectivity index (χ1n) is 15.7. The zero-order chi connectivity index (χ0) is 34.4. The topological polar surface area (TPSA) is 122 Å². The first kappa shape index (κ1) is 34.6. The minimum Gasteiger partial charge on any atom is -0.485 e. The number of aromatic nitrogens is 1. The van der Waals surface area contributed by atoms with Gasteiger partial charge < -0.3 is 29.1 Å². The number of carbonyl (C=O) groups excluding carboxylic acids is 2. The van der Waals surface area contributed by atoms with Crippen molar-refractivity contribution in [2.75, 3.05) is 31.1 Å². The fourth-order valence-corrected chi connectivity index (χ4v) is 6.95. The third-order valence-corrected chi connectivity index (χ3v) is 8.69. The highest BCUT2D eigenvalue weighted by atomic mass is 35.5. The summed E-state index contributed by atoms with van der Waals surface area (Å²) in [4.78, 5) is 49.2. The Balaban J connectivity index is 1.40. The van der Waals surface area contributed by atoms with E-state index < -0.39 is 41.4 Å². The van der Waals surface area contributed by atoms with E-state index in [-0.39, 0.29) is 31.2 Å². The molecule has 2 saturated heterocycles. The predicted molar refractivity (Wildman–Crippen MR) is 179 cm³/mol. The number of halogens is 2. The zero-order valence-electron chi connectivity index (χ0n) is 27.8. The Hall–Kier alpha value is -3.70. The van der Waals surface area contributed by atoms with Crippen LogP contribution in [-0.4, -0.2) is 93.6 Å². The third kappa shape index (κ3) is 7.89. The molecule has 2 aromatic rings. The van der Waals surface area contributed by atoms with Crippen molar-refractivity contribution in [2.45, 2.75) is 90.7 Å². The molecule has 0 aliphatic carbocycles. The number of anilines is 1. The summed E-state index contributed by atoms with van der Waals surface area (Å²) < 4.78 is 17.5. The van der Waals surface area contributed by atoms with Crippen LogP contribution in [0.3, 0.4) is 0 Å². The molecule has 2 amide bonds. The van der Waals surface area contributed by atoms with Crippen LogP contribution in [-0.2, 0) is 14.3 Å². The Labute approximate surface area is 285 Å². The molecular formula is C34H42Cl2N4O7. The minimum absolute atomic E-state index is 0.0245. The van der Waals surface area contributed by atoms with Gasteiger partial charge in [-0.1, -0.05) is 23.2 Å². The smallest absolute Gasteiger partial charge is 0.411 e. The summed E-state index contributed by atoms with van der Waals surface area (Å²) in [5.74, 6) is 0.0109. The van der Waals surface area contributed by atoms with Gasteiger partial charge in [0.1, 0.15) is 23.1 Å². The fraction of sp³-hybridized carbons (Fsp3) is 0.529. The number of hydrogen-bond acceptors (Lipinski definition) is 8. The van der Waals surface area contributed by atoms with E-state index in [1.807, 2.05) is 31.2 Å². The second-order valence-electron chi connectivity index (χ2n) is 14.3. The molecule has 13 heteroatoms. The lowest BCUT2D eigenvalue weighted by Crippen LogP contribution is -2.65. The van der Waals surface area contributed by atoms with Crippen LogP contribution in [0.5, 0.6) is 5.75 Å². The highest BCUT2D eigenvalue weighted by Gasteiger charge is 2.49. The summed E-state index contributed by atoms with van der Waals surface area (Å²) in [6, 6.07) is 5.86. The lowest BCUT2D eigenvalue weighted by Gasteiger charge is -2.50. The number of ether oxygens (including phenoxy) is 3. The number of fused-ring (bicyclic) bond motifs is 2. The van der Waals surface area contributed by atoms with E-state index in [1.54, 1.807) is 47.7 Å². The lowest BCUT2D eigenvalue weighted by atomic mass is 9.82. The van der Waals surface area contributed by atoms with Crippen molar-refractivity contribution in [3.8, 4) is 5.75 Å². The molecule has 11 nitrogen and oxygen atoms in total. The largest absolute Gasteiger partial charge is 0.485 e. The number of benzene rings is 1. The van der Waals surface area contributed by atoms with E-state index in [2.05, 4.69) is 4.90 Å². The van der Waals surface area contributed by atoms with E-state index in [0.29, 0.717) is 40.0 Å². The molecule has 1 aromatic carbocycles. The standard InChI is InChI=1S/C34H42Cl2N4O7/c1-19-12-24(35)29(25(36)13-19)45-22-10-11-38(17-22)27-9-8-20(15-37-27)23-14-21-16-39(31(43)46-33(2,3)4)18-26(28(23)30(41)42)40(21)32(44)47-34(5,6)7/h8-9,12-13,15,21-22,26H,10-11,14,16-18H2,1-7H3,(H,41,42)/t21-,22+,26-/m0/s1. The number of carbonyl (C=O) groups is 3. The van der Waals surface area contributed by atoms with Gasteiger partial charge in [-0.15, -0.1) is 0 Å². The maximum Gasteiger partial charge on any atom is 0.411 e. The number of pyridine rings is 1. The van der Waals surface area contributed by atoms with Gasteiger partial charge >= 0.3 is 18.2 Å². The molecule has 4 heterocycles. The summed E-state index contributed by atoms with van der Waals surface area (Å²) in [5.41, 5.74) is 0.659. The number of carboxylic acids is 1. The normalized spacial score (nSPS) is 21.6. The van der Waals surface area contributed by atoms with Crippen LogP contribution in [0.4, 0.5) is 15.4 Å². The second kappa shape index (κ2) is 13.1. The number of carboxylic acid groups (broad SMARTS) is 1. The van der Waals surface area contributed by atoms with Gasteiger partial charge in [0.15, 0.2) is 5.75 Å². The van der Waals surface area contributed by atoms with E-state index in [1.165, 1.54) is 9.80 Å². The summed E-state index contributed by atoms with van der Waals surface area (Å²) >= 11 is 12.8. The van der Waals surface area contributed by atoms with Gasteiger partial charge in [0.25, 0.3) is 0 Å². The quantitative estimate of drug-likeness (QED) is 0.361. The van der Waals surface area contributed by atoms with Crippen molar-refractivity contribution >= 4 is 52.7 Å². The maximum absolute atomic E-state index is 13.4. The summed E-state index contributed by atoms with van der Waals surface area (Å²) in [6.07, 6.45) is 1.28. The van der Waals surface area contributed by atoms with Gasteiger partial charge in [-0.05, 0) is 95.9 Å². The van der Waals surface area contributed by atoms with Crippen molar-refractivity contribution in [1.29, 1.82) is 0 Å². The van der Waals surface area contributed by atoms with E-state index in [4.69, 9.17) is 42.4 Å². The summed E-state index contributed by atoms with van der Waals surface area (Å²) in [7, 11) is 0. The Bertz CT molecular complexity index is 1560. The number of aliphatic carboxylic acids is 1. The number of nitrogens with zero attached hydrogens (tertiary/aromatic N) is 4. The summed E-state index contributed by atoms with van der Waals surface area (Å²) in [5, 5.41) is 11.5. The van der Waals surface area contributed by atoms with Crippen LogP contribution < -0.4 is 9.64 Å². The average Bonchev–Trinajstić information content (AvgIpc) is 3.40. The molecule has 0 unspecified atom stereocenters. The molecule has 254 valence electrons. The van der Waals surface area contributed by atoms with Crippen molar-refractivity contribution in [3.05, 3.63) is 57.2 Å². The van der Waals surface area contributed by atoms with Gasteiger partial charge in [-0.2, -0.15) is 0 Å². The molecule has 3 atom stereocenters. The molecule has 1 N–H and O–H groups in total. The molecule has 5 rings (SSSR count). The van der Waals surface area contributed by atoms with Crippen LogP contribution in [0.25, 0.3) is 5.57 Å². The predicted octanol–water partition coefficient (Wildman–Crippen LogP) is 6.82. The van der Waals surface area contributed by atoms with E-state index >= 15 is 0 Å². The van der Waals surface area contributed by atoms with Gasteiger partial charge in [-0.25, -0.2) is 19.4 Å². The highest BCUT2D eigenvalue weighted by Crippen LogP contribution is 2.40. The van der Waals surface area contributed by atoms with Gasteiger partial charge in [0, 0.05) is 32.3 Å². The Morgan fingerprint density at radius 3 is 2.15 bits per heavy atom. The van der Waals surface area contributed by atoms with Crippen LogP contribution in [0, 0.1) is 6.92 Å². The van der Waals surface area contributed by atoms with Crippen LogP contribution >= 0.6 is 23.2 Å². The molecule has 3 aliphatic heterocycles. The van der Waals surface area contributed by atoms with E-state index in [0.717, 1.165) is 17.8 Å².